The highest BCUT2D eigenvalue weighted by atomic mass is 16.5. The molecule has 3 aromatic carbocycles. The van der Waals surface area contributed by atoms with Gasteiger partial charge in [-0.25, -0.2) is 4.79 Å². The summed E-state index contributed by atoms with van der Waals surface area (Å²) in [6, 6.07) is 20.1. The second-order valence-electron chi connectivity index (χ2n) is 8.04. The minimum absolute atomic E-state index is 0.126. The third-order valence-corrected chi connectivity index (χ3v) is 4.90. The first-order valence-electron chi connectivity index (χ1n) is 10.2. The van der Waals surface area contributed by atoms with E-state index in [0.717, 1.165) is 22.4 Å². The number of rotatable bonds is 8. The van der Waals surface area contributed by atoms with Crippen LogP contribution < -0.4 is 9.47 Å². The largest absolute Gasteiger partial charge is 0.478 e. The molecule has 3 rings (SSSR count). The van der Waals surface area contributed by atoms with E-state index in [9.17, 15) is 14.7 Å². The zero-order valence-corrected chi connectivity index (χ0v) is 18.6. The van der Waals surface area contributed by atoms with Crippen LogP contribution in [0, 0.1) is 13.8 Å². The van der Waals surface area contributed by atoms with E-state index < -0.39 is 11.6 Å². The van der Waals surface area contributed by atoms with Crippen molar-refractivity contribution >= 4 is 17.8 Å². The molecule has 0 saturated heterocycles. The summed E-state index contributed by atoms with van der Waals surface area (Å²) >= 11 is 0. The monoisotopic (exact) mass is 430 g/mol. The van der Waals surface area contributed by atoms with Gasteiger partial charge in [0.2, 0.25) is 0 Å². The van der Waals surface area contributed by atoms with Gasteiger partial charge in [0.05, 0.1) is 0 Å². The zero-order chi connectivity index (χ0) is 23.3. The lowest BCUT2D eigenvalue weighted by Crippen LogP contribution is -2.38. The van der Waals surface area contributed by atoms with E-state index in [1.807, 2.05) is 56.3 Å². The van der Waals surface area contributed by atoms with Crippen molar-refractivity contribution < 1.29 is 24.2 Å². The van der Waals surface area contributed by atoms with Crippen LogP contribution >= 0.6 is 0 Å². The van der Waals surface area contributed by atoms with Crippen molar-refractivity contribution in [2.24, 2.45) is 0 Å². The molecule has 0 heterocycles. The molecule has 0 aliphatic carbocycles. The molecular formula is C27H26O5. The van der Waals surface area contributed by atoms with Gasteiger partial charge >= 0.3 is 5.97 Å². The third-order valence-electron chi connectivity index (χ3n) is 4.90. The number of ketones is 1. The summed E-state index contributed by atoms with van der Waals surface area (Å²) in [5, 5.41) is 9.30. The number of aliphatic carboxylic acids is 1. The Bertz CT molecular complexity index is 1120. The van der Waals surface area contributed by atoms with Crippen LogP contribution in [-0.4, -0.2) is 22.5 Å². The van der Waals surface area contributed by atoms with Crippen molar-refractivity contribution in [3.63, 3.8) is 0 Å². The highest BCUT2D eigenvalue weighted by molar-refractivity contribution is 6.06. The SMILES string of the molecule is Cc1cc(/C=C/C(=O)c2ccc(Oc3ccccc3)cc2)cc(C)c1OC(C)(C)C(=O)O. The molecule has 164 valence electrons. The first-order valence-corrected chi connectivity index (χ1v) is 10.2. The Morgan fingerprint density at radius 3 is 2.00 bits per heavy atom. The highest BCUT2D eigenvalue weighted by Gasteiger charge is 2.30. The smallest absolute Gasteiger partial charge is 0.347 e. The van der Waals surface area contributed by atoms with Crippen molar-refractivity contribution in [1.82, 2.24) is 0 Å². The van der Waals surface area contributed by atoms with E-state index in [1.165, 1.54) is 19.9 Å². The number of carboxylic acids is 1. The average molecular weight is 431 g/mol. The van der Waals surface area contributed by atoms with Crippen LogP contribution in [0.15, 0.2) is 72.8 Å². The molecule has 0 fully saturated rings. The van der Waals surface area contributed by atoms with Crippen molar-refractivity contribution in [3.05, 3.63) is 95.1 Å². The van der Waals surface area contributed by atoms with E-state index in [0.29, 0.717) is 17.1 Å². The van der Waals surface area contributed by atoms with Gasteiger partial charge in [-0.2, -0.15) is 0 Å². The average Bonchev–Trinajstić information content (AvgIpc) is 2.76. The van der Waals surface area contributed by atoms with Crippen LogP contribution in [0.1, 0.15) is 40.9 Å². The van der Waals surface area contributed by atoms with Gasteiger partial charge in [0.15, 0.2) is 11.4 Å². The van der Waals surface area contributed by atoms with E-state index in [4.69, 9.17) is 9.47 Å². The number of aryl methyl sites for hydroxylation is 2. The number of hydrogen-bond acceptors (Lipinski definition) is 4. The van der Waals surface area contributed by atoms with Crippen LogP contribution in [0.2, 0.25) is 0 Å². The van der Waals surface area contributed by atoms with Gasteiger partial charge in [0.25, 0.3) is 0 Å². The third kappa shape index (κ3) is 5.64. The van der Waals surface area contributed by atoms with Crippen molar-refractivity contribution in [3.8, 4) is 17.2 Å². The molecule has 0 unspecified atom stereocenters. The van der Waals surface area contributed by atoms with Gasteiger partial charge in [-0.1, -0.05) is 24.3 Å². The van der Waals surface area contributed by atoms with E-state index in [2.05, 4.69) is 0 Å². The number of benzene rings is 3. The minimum Gasteiger partial charge on any atom is -0.478 e. The maximum absolute atomic E-state index is 12.6. The van der Waals surface area contributed by atoms with Crippen molar-refractivity contribution in [2.45, 2.75) is 33.3 Å². The second kappa shape index (κ2) is 9.52. The Kier molecular flexibility index (Phi) is 6.79. The summed E-state index contributed by atoms with van der Waals surface area (Å²) in [7, 11) is 0. The number of carboxylic acid groups (broad SMARTS) is 1. The fourth-order valence-corrected chi connectivity index (χ4v) is 3.12. The topological polar surface area (TPSA) is 72.8 Å². The molecule has 0 radical (unpaired) electrons. The van der Waals surface area contributed by atoms with E-state index in [-0.39, 0.29) is 5.78 Å². The number of carbonyl (C=O) groups excluding carboxylic acids is 1. The molecule has 5 heteroatoms. The lowest BCUT2D eigenvalue weighted by molar-refractivity contribution is -0.152. The molecule has 0 aliphatic rings. The standard InChI is InChI=1S/C27H26O5/c1-18-16-20(17-19(2)25(18)32-27(3,4)26(29)30)10-15-24(28)21-11-13-23(14-12-21)31-22-8-6-5-7-9-22/h5-17H,1-4H3,(H,29,30)/b15-10+. The predicted molar refractivity (Wildman–Crippen MR) is 125 cm³/mol. The van der Waals surface area contributed by atoms with Gasteiger partial charge in [-0.15, -0.1) is 0 Å². The van der Waals surface area contributed by atoms with E-state index >= 15 is 0 Å². The van der Waals surface area contributed by atoms with Crippen molar-refractivity contribution in [1.29, 1.82) is 0 Å². The first kappa shape index (κ1) is 22.8. The Hall–Kier alpha value is -3.86. The van der Waals surface area contributed by atoms with Gasteiger partial charge in [0.1, 0.15) is 17.2 Å². The molecule has 0 aromatic heterocycles. The minimum atomic E-state index is -1.33. The van der Waals surface area contributed by atoms with Gasteiger partial charge in [-0.05, 0) is 99.0 Å². The van der Waals surface area contributed by atoms with Crippen molar-refractivity contribution in [2.75, 3.05) is 0 Å². The molecule has 0 amide bonds. The number of hydrogen-bond donors (Lipinski definition) is 1. The summed E-state index contributed by atoms with van der Waals surface area (Å²) in [5.41, 5.74) is 1.65. The maximum Gasteiger partial charge on any atom is 0.347 e. The lowest BCUT2D eigenvalue weighted by atomic mass is 10.0. The van der Waals surface area contributed by atoms with Crippen LogP contribution in [-0.2, 0) is 4.79 Å². The van der Waals surface area contributed by atoms with Gasteiger partial charge < -0.3 is 14.6 Å². The number of para-hydroxylation sites is 1. The van der Waals surface area contributed by atoms with Crippen LogP contribution in [0.3, 0.4) is 0 Å². The fraction of sp³-hybridized carbons (Fsp3) is 0.185. The molecule has 0 bridgehead atoms. The summed E-state index contributed by atoms with van der Waals surface area (Å²) in [6.07, 6.45) is 3.26. The quantitative estimate of drug-likeness (QED) is 0.339. The maximum atomic E-state index is 12.6. The normalized spacial score (nSPS) is 11.4. The zero-order valence-electron chi connectivity index (χ0n) is 18.6. The van der Waals surface area contributed by atoms with Crippen LogP contribution in [0.4, 0.5) is 0 Å². The molecule has 32 heavy (non-hydrogen) atoms. The predicted octanol–water partition coefficient (Wildman–Crippen LogP) is 6.23. The number of allylic oxidation sites excluding steroid dienone is 1. The molecule has 0 aliphatic heterocycles. The van der Waals surface area contributed by atoms with Crippen LogP contribution in [0.5, 0.6) is 17.2 Å². The molecule has 1 N–H and O–H groups in total. The molecule has 0 atom stereocenters. The highest BCUT2D eigenvalue weighted by Crippen LogP contribution is 2.29. The number of ether oxygens (including phenoxy) is 2. The molecule has 3 aromatic rings. The summed E-state index contributed by atoms with van der Waals surface area (Å²) in [6.45, 7) is 6.73. The second-order valence-corrected chi connectivity index (χ2v) is 8.04. The molecule has 0 saturated carbocycles. The van der Waals surface area contributed by atoms with Crippen LogP contribution in [0.25, 0.3) is 6.08 Å². The molecule has 5 nitrogen and oxygen atoms in total. The summed E-state index contributed by atoms with van der Waals surface area (Å²) in [5.74, 6) is 0.763. The lowest BCUT2D eigenvalue weighted by Gasteiger charge is -2.24. The molecular weight excluding hydrogens is 404 g/mol. The first-order chi connectivity index (χ1) is 15.2. The Balaban J connectivity index is 1.70. The Morgan fingerprint density at radius 2 is 1.44 bits per heavy atom. The fourth-order valence-electron chi connectivity index (χ4n) is 3.12. The van der Waals surface area contributed by atoms with Gasteiger partial charge in [-0.3, -0.25) is 4.79 Å². The number of carbonyl (C=O) groups is 2. The molecule has 0 spiro atoms. The van der Waals surface area contributed by atoms with E-state index in [1.54, 1.807) is 30.3 Å². The summed E-state index contributed by atoms with van der Waals surface area (Å²) < 4.78 is 11.5. The van der Waals surface area contributed by atoms with Gasteiger partial charge in [0, 0.05) is 5.56 Å². The summed E-state index contributed by atoms with van der Waals surface area (Å²) in [4.78, 5) is 23.9. The Labute approximate surface area is 187 Å². The Morgan fingerprint density at radius 1 is 0.875 bits per heavy atom.